The van der Waals surface area contributed by atoms with Gasteiger partial charge in [-0.05, 0) is 34.9 Å². The Morgan fingerprint density at radius 2 is 0.655 bits per heavy atom. The maximum Gasteiger partial charge on any atom is 4.00 e. The number of aryl methyl sites for hydroxylation is 1. The van der Waals surface area contributed by atoms with Crippen molar-refractivity contribution in [3.63, 3.8) is 0 Å². The van der Waals surface area contributed by atoms with Crippen LogP contribution in [0, 0.1) is 0 Å². The number of hydrogen-bond acceptors (Lipinski definition) is 0. The Morgan fingerprint density at radius 1 is 0.345 bits per heavy atom. The molecule has 0 heterocycles. The molecule has 2 aliphatic rings. The normalized spacial score (nSPS) is 15.6. The van der Waals surface area contributed by atoms with E-state index >= 15 is 0 Å². The zero-order valence-electron chi connectivity index (χ0n) is 53.3. The molecule has 0 aromatic heterocycles. The third-order valence-corrected chi connectivity index (χ3v) is 22.2. The van der Waals surface area contributed by atoms with Crippen molar-refractivity contribution in [3.05, 3.63) is 167 Å². The second-order valence-electron chi connectivity index (χ2n) is 24.8. The van der Waals surface area contributed by atoms with Crippen molar-refractivity contribution >= 4 is 29.4 Å². The van der Waals surface area contributed by atoms with Crippen molar-refractivity contribution in [1.29, 1.82) is 0 Å². The van der Waals surface area contributed by atoms with Crippen molar-refractivity contribution in [2.45, 2.75) is 282 Å². The Balaban J connectivity index is -0.000000696. The van der Waals surface area contributed by atoms with Gasteiger partial charge in [-0.1, -0.05) is 367 Å². The van der Waals surface area contributed by atoms with Gasteiger partial charge < -0.3 is 74.4 Å². The van der Waals surface area contributed by atoms with Crippen LogP contribution in [0.15, 0.2) is 134 Å². The first-order valence-corrected chi connectivity index (χ1v) is 35.5. The maximum atomic E-state index is 2.50. The summed E-state index contributed by atoms with van der Waals surface area (Å²) < 4.78 is 0. The van der Waals surface area contributed by atoms with E-state index in [1.165, 1.54) is 242 Å². The Morgan fingerprint density at radius 3 is 1.00 bits per heavy atom. The zero-order valence-corrected chi connectivity index (χ0v) is 63.7. The molecule has 0 spiro atoms. The van der Waals surface area contributed by atoms with Crippen molar-refractivity contribution < 1.29 is 118 Å². The largest absolute Gasteiger partial charge is 4.00 e. The molecule has 4 aromatic carbocycles. The van der Waals surface area contributed by atoms with Crippen LogP contribution in [0.1, 0.15) is 279 Å². The molecule has 10 heteroatoms. The van der Waals surface area contributed by atoms with Crippen LogP contribution in [0.5, 0.6) is 0 Å². The smallest absolute Gasteiger partial charge is 1.00 e. The van der Waals surface area contributed by atoms with E-state index in [2.05, 4.69) is 161 Å². The van der Waals surface area contributed by atoms with E-state index in [9.17, 15) is 0 Å². The molecule has 2 atom stereocenters. The van der Waals surface area contributed by atoms with E-state index in [-0.39, 0.29) is 137 Å². The number of hydrogen-bond donors (Lipinski definition) is 0. The number of allylic oxidation sites excluding steroid dienone is 8. The fraction of sp³-hybridized carbons (Fsp3) is 0.595. The molecule has 0 nitrogen and oxygen atoms in total. The van der Waals surface area contributed by atoms with Crippen LogP contribution in [0.3, 0.4) is 0 Å². The van der Waals surface area contributed by atoms with Crippen LogP contribution in [0.2, 0.25) is 10.1 Å². The van der Waals surface area contributed by atoms with Crippen LogP contribution in [-0.2, 0) is 69.1 Å². The van der Waals surface area contributed by atoms with Gasteiger partial charge in [0, 0.05) is 19.0 Å². The first-order valence-electron chi connectivity index (χ1n) is 32.7. The molecule has 4 aromatic rings. The topological polar surface area (TPSA) is 0 Å². The minimum Gasteiger partial charge on any atom is -1.00 e. The molecule has 84 heavy (non-hydrogen) atoms. The Kier molecular flexibility index (Phi) is 62.0. The van der Waals surface area contributed by atoms with Gasteiger partial charge in [-0.15, -0.1) is 0 Å². The van der Waals surface area contributed by atoms with Gasteiger partial charge in [-0.3, -0.25) is 0 Å². The first-order chi connectivity index (χ1) is 37.4. The molecule has 0 amide bonds. The number of halogens is 6. The predicted octanol–water partition coefficient (Wildman–Crippen LogP) is 2.60. The Hall–Kier alpha value is -0.298. The number of benzene rings is 2. The first kappa shape index (κ1) is 90.1. The van der Waals surface area contributed by atoms with Crippen LogP contribution in [0.25, 0.3) is 0 Å². The van der Waals surface area contributed by atoms with Gasteiger partial charge in [-0.2, -0.15) is 44.8 Å². The molecule has 0 fully saturated rings. The van der Waals surface area contributed by atoms with E-state index < -0.39 is 0 Å². The molecule has 6 rings (SSSR count). The fourth-order valence-electron chi connectivity index (χ4n) is 12.5. The molecule has 0 saturated heterocycles. The van der Waals surface area contributed by atoms with Crippen LogP contribution in [-0.4, -0.2) is 19.0 Å². The maximum absolute atomic E-state index is 2.50. The minimum atomic E-state index is -0.373. The third kappa shape index (κ3) is 39.7. The number of unbranched alkanes of at least 4 members (excludes halogenated alkanes) is 30. The van der Waals surface area contributed by atoms with E-state index in [0.29, 0.717) is 10.1 Å². The minimum absolute atomic E-state index is 0. The fourth-order valence-corrected chi connectivity index (χ4v) is 17.0. The molecule has 0 N–H and O–H groups in total. The van der Waals surface area contributed by atoms with Gasteiger partial charge in [0.1, 0.15) is 0 Å². The number of rotatable bonds is 42. The SMILES string of the molecule is CCCCCCCCCCCCCCCCCCc1c(Cc2ccccc2)cc[c-]1[SiH2]C1(C)C=CC=CC1.CCCCCCCCCCCCCCCCCCc1cc[c-]([SiH2]C2(C)C=CC=CC2)c1Cc1ccccc1.[Cl-].[Cl-].[Cl-].[Cl-].[Cl-].[Cl-].[Ti+4].[Ti+4]. The quantitative estimate of drug-likeness (QED) is 0.0365. The van der Waals surface area contributed by atoms with Gasteiger partial charge in [0.25, 0.3) is 0 Å². The monoisotopic (exact) mass is 1360 g/mol. The summed E-state index contributed by atoms with van der Waals surface area (Å²) in [4.78, 5) is 0. The standard InChI is InChI=1S/2C37H57Si.6ClH.2Ti/c1-3-4-5-6-7-8-9-10-11-12-13-14-15-16-17-22-27-35-34(32-33-25-20-18-21-26-33)28-29-36(35)38-37(2)30-23-19-24-31-37;1-3-4-5-6-7-8-9-10-11-12-13-14-15-16-17-22-27-34-28-29-36(38-37(2)30-23-19-24-31-37)35(34)32-33-25-20-18-21-26-33;;;;;;;;/h2*18-21,23-26,28-30H,3-17,22,27,31-32,38H2,1-2H3;6*1H;;/q2*-1;;;;;;;2*+4/p-6. The Labute approximate surface area is 590 Å². The summed E-state index contributed by atoms with van der Waals surface area (Å²) in [5.74, 6) is 0. The van der Waals surface area contributed by atoms with Crippen molar-refractivity contribution in [2.24, 2.45) is 0 Å². The van der Waals surface area contributed by atoms with Crippen molar-refractivity contribution in [1.82, 2.24) is 0 Å². The van der Waals surface area contributed by atoms with Gasteiger partial charge in [0.15, 0.2) is 0 Å². The van der Waals surface area contributed by atoms with Crippen LogP contribution < -0.4 is 84.8 Å². The summed E-state index contributed by atoms with van der Waals surface area (Å²) in [6.45, 7) is 9.58. The molecule has 2 aliphatic carbocycles. The summed E-state index contributed by atoms with van der Waals surface area (Å²) in [5.41, 5.74) is 9.54. The summed E-state index contributed by atoms with van der Waals surface area (Å²) in [7, 11) is -0.729. The van der Waals surface area contributed by atoms with Gasteiger partial charge in [-0.25, -0.2) is 12.1 Å². The third-order valence-electron chi connectivity index (χ3n) is 17.4. The molecule has 0 radical (unpaired) electrons. The van der Waals surface area contributed by atoms with Gasteiger partial charge in [0.2, 0.25) is 0 Å². The summed E-state index contributed by atoms with van der Waals surface area (Å²) in [5, 5.41) is 4.23. The zero-order chi connectivity index (χ0) is 53.5. The second kappa shape index (κ2) is 57.8. The van der Waals surface area contributed by atoms with E-state index in [1.54, 1.807) is 32.6 Å². The predicted molar refractivity (Wildman–Crippen MR) is 348 cm³/mol. The summed E-state index contributed by atoms with van der Waals surface area (Å²) >= 11 is 0. The average molecular weight is 1370 g/mol. The molecular weight excluding hydrogens is 1250 g/mol. The Bertz CT molecular complexity index is 2190. The van der Waals surface area contributed by atoms with E-state index in [4.69, 9.17) is 0 Å². The average Bonchev–Trinajstić information content (AvgIpc) is 4.12. The summed E-state index contributed by atoms with van der Waals surface area (Å²) in [6.07, 6.45) is 71.9. The molecule has 468 valence electrons. The molecular formula is C74H114Cl6Si2Ti2. The summed E-state index contributed by atoms with van der Waals surface area (Å²) in [6, 6.07) is 32.2. The van der Waals surface area contributed by atoms with Gasteiger partial charge >= 0.3 is 43.4 Å². The van der Waals surface area contributed by atoms with Crippen molar-refractivity contribution in [3.8, 4) is 0 Å². The van der Waals surface area contributed by atoms with Crippen LogP contribution >= 0.6 is 0 Å². The van der Waals surface area contributed by atoms with Crippen molar-refractivity contribution in [2.75, 3.05) is 0 Å². The van der Waals surface area contributed by atoms with Gasteiger partial charge in [0.05, 0.1) is 0 Å². The molecule has 0 saturated carbocycles. The molecule has 2 unspecified atom stereocenters. The molecule has 0 bridgehead atoms. The van der Waals surface area contributed by atoms with E-state index in [1.807, 2.05) is 0 Å². The van der Waals surface area contributed by atoms with E-state index in [0.717, 1.165) is 12.8 Å². The second-order valence-corrected chi connectivity index (χ2v) is 30.3. The molecule has 0 aliphatic heterocycles. The van der Waals surface area contributed by atoms with Crippen LogP contribution in [0.4, 0.5) is 0 Å².